The van der Waals surface area contributed by atoms with E-state index < -0.39 is 0 Å². The molecule has 3 aliphatic heterocycles. The molecule has 0 spiro atoms. The largest absolute Gasteiger partial charge is 0.333 e. The summed E-state index contributed by atoms with van der Waals surface area (Å²) < 4.78 is 11.5. The Morgan fingerprint density at radius 2 is 1.39 bits per heavy atom. The van der Waals surface area contributed by atoms with Gasteiger partial charge >= 0.3 is 0 Å². The average Bonchev–Trinajstić information content (AvgIpc) is 3.45. The summed E-state index contributed by atoms with van der Waals surface area (Å²) >= 11 is 2.49. The van der Waals surface area contributed by atoms with Crippen molar-refractivity contribution in [2.24, 2.45) is 0 Å². The van der Waals surface area contributed by atoms with Gasteiger partial charge in [-0.3, -0.25) is 14.9 Å². The van der Waals surface area contributed by atoms with Crippen LogP contribution in [-0.4, -0.2) is 24.9 Å². The van der Waals surface area contributed by atoms with Crippen LogP contribution in [0.2, 0.25) is 0 Å². The van der Waals surface area contributed by atoms with Gasteiger partial charge in [0.15, 0.2) is 0 Å². The summed E-state index contributed by atoms with van der Waals surface area (Å²) in [5, 5.41) is 6.24. The maximum Gasteiger partial charge on any atom is 0.259 e. The van der Waals surface area contributed by atoms with E-state index in [4.69, 9.17) is 4.74 Å². The van der Waals surface area contributed by atoms with E-state index in [0.717, 1.165) is 50.0 Å². The molecule has 0 saturated carbocycles. The molecule has 31 heavy (non-hydrogen) atoms. The Morgan fingerprint density at radius 3 is 2.03 bits per heavy atom. The van der Waals surface area contributed by atoms with Gasteiger partial charge in [-0.2, -0.15) is 0 Å². The van der Waals surface area contributed by atoms with Crippen LogP contribution in [0.25, 0.3) is 43.6 Å². The molecule has 8 rings (SSSR count). The van der Waals surface area contributed by atoms with E-state index in [1.807, 2.05) is 36.4 Å². The van der Waals surface area contributed by atoms with Gasteiger partial charge in [-0.1, -0.05) is 59.0 Å². The fourth-order valence-corrected chi connectivity index (χ4v) is 6.92. The van der Waals surface area contributed by atoms with Gasteiger partial charge in [0.2, 0.25) is 0 Å². The van der Waals surface area contributed by atoms with Crippen molar-refractivity contribution in [2.75, 3.05) is 0 Å². The lowest BCUT2D eigenvalue weighted by molar-refractivity contribution is -0.0210. The number of carbonyl (C=O) groups is 2. The molecule has 2 aromatic heterocycles. The van der Waals surface area contributed by atoms with E-state index >= 15 is 0 Å². The van der Waals surface area contributed by atoms with Crippen LogP contribution in [0.3, 0.4) is 0 Å². The van der Waals surface area contributed by atoms with E-state index in [0.29, 0.717) is 11.1 Å². The third-order valence-corrected chi connectivity index (χ3v) is 8.18. The molecule has 7 heteroatoms. The summed E-state index contributed by atoms with van der Waals surface area (Å²) in [6.07, 6.45) is 0.636. The summed E-state index contributed by atoms with van der Waals surface area (Å²) in [5.74, 6) is -0.633. The summed E-state index contributed by atoms with van der Waals surface area (Å²) in [4.78, 5) is 26.1. The number of aromatic nitrogens is 2. The quantitative estimate of drug-likeness (QED) is 0.178. The number of nitrogens with one attached hydrogen (secondary N) is 1. The summed E-state index contributed by atoms with van der Waals surface area (Å²) in [5.41, 5.74) is 5.04. The van der Waals surface area contributed by atoms with Crippen molar-refractivity contribution in [3.8, 4) is 0 Å². The fourth-order valence-electron chi connectivity index (χ4n) is 5.99. The predicted molar refractivity (Wildman–Crippen MR) is 126 cm³/mol. The van der Waals surface area contributed by atoms with Crippen LogP contribution in [0.5, 0.6) is 0 Å². The maximum absolute atomic E-state index is 13.1. The summed E-state index contributed by atoms with van der Waals surface area (Å²) in [7, 11) is 0. The van der Waals surface area contributed by atoms with Crippen molar-refractivity contribution in [1.82, 2.24) is 14.5 Å². The number of imide groups is 1. The number of amides is 2. The third-order valence-electron chi connectivity index (χ3n) is 7.05. The van der Waals surface area contributed by atoms with Gasteiger partial charge < -0.3 is 13.9 Å². The molecule has 0 radical (unpaired) electrons. The lowest BCUT2D eigenvalue weighted by atomic mass is 9.96. The zero-order chi connectivity index (χ0) is 20.6. The number of nitrogens with zero attached hydrogens (tertiary/aromatic N) is 2. The number of fused-ring (bicyclic) bond motifs is 13. The molecule has 1 N–H and O–H groups in total. The number of hydrogen-bond acceptors (Lipinski definition) is 3. The lowest BCUT2D eigenvalue weighted by Gasteiger charge is -2.18. The third kappa shape index (κ3) is 1.74. The molecule has 0 aliphatic carbocycles. The molecule has 3 aromatic carbocycles. The molecule has 5 aromatic rings. The van der Waals surface area contributed by atoms with Crippen LogP contribution < -0.4 is 5.32 Å². The molecular formula is C24H14IN3O3. The molecule has 3 aliphatic rings. The lowest BCUT2D eigenvalue weighted by Crippen LogP contribution is -2.20. The van der Waals surface area contributed by atoms with Crippen LogP contribution in [-0.2, 0) is 4.74 Å². The van der Waals surface area contributed by atoms with Crippen LogP contribution in [0, 0.1) is 0 Å². The van der Waals surface area contributed by atoms with Crippen LogP contribution in [0.1, 0.15) is 39.6 Å². The van der Waals surface area contributed by atoms with Gasteiger partial charge in [-0.05, 0) is 12.1 Å². The minimum Gasteiger partial charge on any atom is -0.333 e. The SMILES string of the molecule is O=C1NC(=O)c2c1c1c3ccccc3n3c1c1c2c2ccccc2n1[C@@H]1O[C@H]3C[C@@H]1I. The van der Waals surface area contributed by atoms with Crippen molar-refractivity contribution < 1.29 is 14.3 Å². The Morgan fingerprint density at radius 1 is 0.839 bits per heavy atom. The maximum atomic E-state index is 13.1. The van der Waals surface area contributed by atoms with Gasteiger partial charge in [0.25, 0.3) is 11.8 Å². The molecule has 5 heterocycles. The van der Waals surface area contributed by atoms with E-state index in [9.17, 15) is 9.59 Å². The van der Waals surface area contributed by atoms with E-state index in [-0.39, 0.29) is 28.2 Å². The fraction of sp³-hybridized carbons (Fsp3) is 0.167. The van der Waals surface area contributed by atoms with Gasteiger partial charge in [0.05, 0.1) is 37.1 Å². The van der Waals surface area contributed by atoms with Crippen LogP contribution >= 0.6 is 22.6 Å². The second kappa shape index (κ2) is 5.28. The number of ether oxygens (including phenoxy) is 1. The van der Waals surface area contributed by atoms with Crippen molar-refractivity contribution in [2.45, 2.75) is 22.8 Å². The summed E-state index contributed by atoms with van der Waals surface area (Å²) in [6, 6.07) is 16.2. The number of carbonyl (C=O) groups excluding carboxylic acids is 2. The molecule has 150 valence electrons. The first-order valence-electron chi connectivity index (χ1n) is 10.3. The van der Waals surface area contributed by atoms with Crippen LogP contribution in [0.4, 0.5) is 0 Å². The van der Waals surface area contributed by atoms with Crippen molar-refractivity contribution in [1.29, 1.82) is 0 Å². The van der Waals surface area contributed by atoms with Crippen molar-refractivity contribution in [3.05, 3.63) is 59.7 Å². The highest BCUT2D eigenvalue weighted by Crippen LogP contribution is 2.53. The number of hydrogen-bond donors (Lipinski definition) is 1. The van der Waals surface area contributed by atoms with Gasteiger partial charge in [-0.25, -0.2) is 0 Å². The number of halogens is 1. The first-order valence-corrected chi connectivity index (χ1v) is 11.6. The smallest absolute Gasteiger partial charge is 0.259 e. The van der Waals surface area contributed by atoms with E-state index in [1.54, 1.807) is 0 Å². The highest BCUT2D eigenvalue weighted by Gasteiger charge is 2.44. The van der Waals surface area contributed by atoms with Crippen molar-refractivity contribution in [3.63, 3.8) is 0 Å². The molecule has 6 nitrogen and oxygen atoms in total. The zero-order valence-electron chi connectivity index (χ0n) is 16.1. The molecule has 0 unspecified atom stereocenters. The molecule has 1 fully saturated rings. The topological polar surface area (TPSA) is 65.3 Å². The van der Waals surface area contributed by atoms with Gasteiger partial charge in [0.1, 0.15) is 12.5 Å². The Balaban J connectivity index is 1.81. The molecule has 2 bridgehead atoms. The van der Waals surface area contributed by atoms with E-state index in [2.05, 4.69) is 49.2 Å². The van der Waals surface area contributed by atoms with Crippen molar-refractivity contribution >= 4 is 78.0 Å². The normalized spacial score (nSPS) is 24.1. The Hall–Kier alpha value is -2.91. The Bertz CT molecular complexity index is 1700. The van der Waals surface area contributed by atoms with Gasteiger partial charge in [-0.15, -0.1) is 0 Å². The Labute approximate surface area is 188 Å². The average molecular weight is 519 g/mol. The number of alkyl halides is 1. The standard InChI is InChI=1S/C24H14IN3O3/c25-12-9-15-27-13-7-3-1-5-10(13)16-18-19(23(30)26-22(18)29)17-11-6-2-4-8-14(11)28(24(12)31-15)21(17)20(16)27/h1-8,12,15,24H,9H2,(H,26,29,30)/t12-,15-,24+/m0/s1. The minimum atomic E-state index is -0.317. The second-order valence-corrected chi connectivity index (χ2v) is 10.1. The second-order valence-electron chi connectivity index (χ2n) is 8.49. The first kappa shape index (κ1) is 16.7. The highest BCUT2D eigenvalue weighted by atomic mass is 127. The monoisotopic (exact) mass is 519 g/mol. The minimum absolute atomic E-state index is 0.116. The molecule has 3 atom stereocenters. The molecule has 1 saturated heterocycles. The van der Waals surface area contributed by atoms with Gasteiger partial charge in [0, 0.05) is 28.0 Å². The summed E-state index contributed by atoms with van der Waals surface area (Å²) in [6.45, 7) is 0. The van der Waals surface area contributed by atoms with E-state index in [1.165, 1.54) is 0 Å². The molecule has 2 amide bonds. The first-order chi connectivity index (χ1) is 15.1. The van der Waals surface area contributed by atoms with Crippen LogP contribution in [0.15, 0.2) is 48.5 Å². The Kier molecular flexibility index (Phi) is 2.85. The molecular weight excluding hydrogens is 505 g/mol. The number of rotatable bonds is 0. The predicted octanol–water partition coefficient (Wildman–Crippen LogP) is 5.02. The zero-order valence-corrected chi connectivity index (χ0v) is 18.2. The highest BCUT2D eigenvalue weighted by molar-refractivity contribution is 14.1. The number of benzene rings is 3. The number of para-hydroxylation sites is 2.